The van der Waals surface area contributed by atoms with Gasteiger partial charge in [0, 0.05) is 40.1 Å². The lowest BCUT2D eigenvalue weighted by Gasteiger charge is -2.16. The Balaban J connectivity index is 0.000000228. The van der Waals surface area contributed by atoms with E-state index in [1.165, 1.54) is 0 Å². The Kier molecular flexibility index (Phi) is 13.7. The van der Waals surface area contributed by atoms with Crippen molar-refractivity contribution in [3.63, 3.8) is 0 Å². The van der Waals surface area contributed by atoms with Crippen molar-refractivity contribution in [3.05, 3.63) is 130 Å². The van der Waals surface area contributed by atoms with Gasteiger partial charge >= 0.3 is 12.4 Å². The summed E-state index contributed by atoms with van der Waals surface area (Å²) in [5.74, 6) is -2.15. The minimum atomic E-state index is -4.79. The van der Waals surface area contributed by atoms with Crippen LogP contribution in [0.1, 0.15) is 22.3 Å². The maximum absolute atomic E-state index is 13.5. The van der Waals surface area contributed by atoms with Gasteiger partial charge in [0.15, 0.2) is 0 Å². The molecule has 2 heterocycles. The maximum atomic E-state index is 13.5. The zero-order valence-corrected chi connectivity index (χ0v) is 35.2. The average molecular weight is 894 g/mol. The van der Waals surface area contributed by atoms with Gasteiger partial charge < -0.3 is 29.8 Å². The molecular formula is C40H37ClF7N7O3P2. The molecule has 0 aliphatic carbocycles. The first-order valence-electron chi connectivity index (χ1n) is 17.6. The predicted octanol–water partition coefficient (Wildman–Crippen LogP) is 11.9. The molecule has 3 N–H and O–H groups in total. The Hall–Kier alpha value is -5.50. The van der Waals surface area contributed by atoms with Gasteiger partial charge in [-0.3, -0.25) is 0 Å². The molecule has 6 rings (SSSR count). The number of ether oxygens (including phenoxy) is 1. The molecule has 0 saturated heterocycles. The number of aryl methyl sites for hydroxylation is 2. The molecule has 2 aromatic heterocycles. The number of halogens is 8. The number of benzene rings is 4. The Morgan fingerprint density at radius 1 is 0.600 bits per heavy atom. The first kappa shape index (κ1) is 45.6. The number of nitrogens with zero attached hydrogens (tertiary/aromatic N) is 4. The second-order valence-corrected chi connectivity index (χ2v) is 20.9. The highest BCUT2D eigenvalue weighted by molar-refractivity contribution is 7.70. The van der Waals surface area contributed by atoms with E-state index in [0.29, 0.717) is 33.9 Å². The third-order valence-electron chi connectivity index (χ3n) is 8.23. The van der Waals surface area contributed by atoms with E-state index in [-0.39, 0.29) is 28.5 Å². The van der Waals surface area contributed by atoms with Gasteiger partial charge in [-0.05, 0) is 130 Å². The zero-order chi connectivity index (χ0) is 44.2. The van der Waals surface area contributed by atoms with Crippen LogP contribution in [0.4, 0.5) is 65.5 Å². The summed E-state index contributed by atoms with van der Waals surface area (Å²) in [6, 6.07) is 21.7. The minimum absolute atomic E-state index is 0.0128. The summed E-state index contributed by atoms with van der Waals surface area (Å²) < 4.78 is 123. The highest BCUT2D eigenvalue weighted by Gasteiger charge is 2.37. The van der Waals surface area contributed by atoms with Crippen LogP contribution in [0.3, 0.4) is 0 Å². The van der Waals surface area contributed by atoms with Crippen molar-refractivity contribution in [2.45, 2.75) is 26.2 Å². The van der Waals surface area contributed by atoms with Gasteiger partial charge in [0.1, 0.15) is 42.8 Å². The SMILES string of the molecule is CP(C)(=O)c1ccc(Nc2ncc(C(F)(F)F)c(Oc3ccc(F)cc3Cl)n2)cc1.Cc1cc(C)cc(Nc2nc(Nc3ccc(P(C)(C)=O)cc3)ncc2C(F)(F)F)c1. The smallest absolute Gasteiger partial charge is 0.423 e. The van der Waals surface area contributed by atoms with Crippen LogP contribution >= 0.6 is 25.9 Å². The number of anilines is 6. The normalized spacial score (nSPS) is 12.0. The maximum Gasteiger partial charge on any atom is 0.423 e. The summed E-state index contributed by atoms with van der Waals surface area (Å²) in [7, 11) is -4.84. The van der Waals surface area contributed by atoms with Crippen molar-refractivity contribution in [1.29, 1.82) is 0 Å². The molecule has 0 radical (unpaired) electrons. The zero-order valence-electron chi connectivity index (χ0n) is 32.7. The van der Waals surface area contributed by atoms with Gasteiger partial charge in [0.05, 0.1) is 5.02 Å². The molecule has 0 saturated carbocycles. The number of rotatable bonds is 10. The van der Waals surface area contributed by atoms with Crippen LogP contribution in [0.25, 0.3) is 0 Å². The first-order chi connectivity index (χ1) is 27.8. The van der Waals surface area contributed by atoms with E-state index in [0.717, 1.165) is 35.5 Å². The molecule has 0 unspecified atom stereocenters. The Labute approximate surface area is 345 Å². The molecule has 0 fully saturated rings. The highest BCUT2D eigenvalue weighted by atomic mass is 35.5. The van der Waals surface area contributed by atoms with Gasteiger partial charge in [-0.2, -0.15) is 36.3 Å². The lowest BCUT2D eigenvalue weighted by molar-refractivity contribution is -0.139. The van der Waals surface area contributed by atoms with Crippen molar-refractivity contribution < 1.29 is 44.6 Å². The van der Waals surface area contributed by atoms with Gasteiger partial charge in [0.25, 0.3) is 0 Å². The molecular weight excluding hydrogens is 857 g/mol. The molecule has 0 aliphatic rings. The third-order valence-corrected chi connectivity index (χ3v) is 11.6. The number of nitrogens with one attached hydrogen (secondary N) is 3. The Morgan fingerprint density at radius 2 is 1.07 bits per heavy atom. The average Bonchev–Trinajstić information content (AvgIpc) is 3.12. The molecule has 0 aliphatic heterocycles. The molecule has 0 atom stereocenters. The van der Waals surface area contributed by atoms with Crippen LogP contribution in [0.5, 0.6) is 11.6 Å². The number of hydrogen-bond acceptors (Lipinski definition) is 10. The molecule has 0 amide bonds. The Bertz CT molecular complexity index is 2560. The molecule has 0 bridgehead atoms. The van der Waals surface area contributed by atoms with Crippen LogP contribution in [0, 0.1) is 19.7 Å². The topological polar surface area (TPSA) is 131 Å². The Morgan fingerprint density at radius 3 is 1.52 bits per heavy atom. The van der Waals surface area contributed by atoms with Crippen molar-refractivity contribution in [2.24, 2.45) is 0 Å². The molecule has 10 nitrogen and oxygen atoms in total. The summed E-state index contributed by atoms with van der Waals surface area (Å²) in [6.07, 6.45) is -8.07. The van der Waals surface area contributed by atoms with Crippen LogP contribution in [-0.4, -0.2) is 46.6 Å². The molecule has 20 heteroatoms. The van der Waals surface area contributed by atoms with Crippen molar-refractivity contribution in [2.75, 3.05) is 42.6 Å². The number of aromatic nitrogens is 4. The quantitative estimate of drug-likeness (QED) is 0.0902. The van der Waals surface area contributed by atoms with E-state index in [9.17, 15) is 39.9 Å². The van der Waals surface area contributed by atoms with Gasteiger partial charge in [-0.15, -0.1) is 0 Å². The molecule has 60 heavy (non-hydrogen) atoms. The number of hydrogen-bond donors (Lipinski definition) is 3. The monoisotopic (exact) mass is 893 g/mol. The van der Waals surface area contributed by atoms with E-state index in [4.69, 9.17) is 16.3 Å². The second-order valence-electron chi connectivity index (χ2n) is 14.1. The summed E-state index contributed by atoms with van der Waals surface area (Å²) in [4.78, 5) is 15.3. The molecule has 6 aromatic rings. The first-order valence-corrected chi connectivity index (χ1v) is 23.1. The van der Waals surface area contributed by atoms with Crippen LogP contribution in [0.2, 0.25) is 5.02 Å². The van der Waals surface area contributed by atoms with Crippen LogP contribution < -0.4 is 31.3 Å². The predicted molar refractivity (Wildman–Crippen MR) is 222 cm³/mol. The fourth-order valence-electron chi connectivity index (χ4n) is 5.35. The fourth-order valence-corrected chi connectivity index (χ4v) is 7.29. The van der Waals surface area contributed by atoms with E-state index in [2.05, 4.69) is 35.9 Å². The molecule has 0 spiro atoms. The standard InChI is InChI=1S/C21H22F3N4OP.C19H15ClF4N3O2P/c1-13-9-14(2)11-16(10-13)26-19-18(21(22,23)24)12-25-20(28-19)27-15-5-7-17(8-6-15)30(3,4)29;1-30(2,28)13-6-4-12(5-7-13)26-18-25-10-14(19(22,23)24)17(27-18)29-16-8-3-11(21)9-15(16)20/h5-12H,1-4H3,(H2,25,26,27,28);3-10H,1-2H3,(H,25,26,27). The van der Waals surface area contributed by atoms with Gasteiger partial charge in [-0.25, -0.2) is 14.4 Å². The summed E-state index contributed by atoms with van der Waals surface area (Å²) in [5, 5.41) is 9.56. The fraction of sp³-hybridized carbons (Fsp3) is 0.200. The van der Waals surface area contributed by atoms with Crippen molar-refractivity contribution >= 4 is 71.3 Å². The highest BCUT2D eigenvalue weighted by Crippen LogP contribution is 2.40. The third kappa shape index (κ3) is 12.5. The van der Waals surface area contributed by atoms with Crippen LogP contribution in [-0.2, 0) is 21.5 Å². The lowest BCUT2D eigenvalue weighted by atomic mass is 10.1. The summed E-state index contributed by atoms with van der Waals surface area (Å²) in [6.45, 7) is 10.3. The van der Waals surface area contributed by atoms with Crippen molar-refractivity contribution in [1.82, 2.24) is 19.9 Å². The second kappa shape index (κ2) is 18.0. The summed E-state index contributed by atoms with van der Waals surface area (Å²) >= 11 is 5.84. The van der Waals surface area contributed by atoms with E-state index in [1.807, 2.05) is 19.9 Å². The van der Waals surface area contributed by atoms with Crippen molar-refractivity contribution in [3.8, 4) is 11.6 Å². The number of alkyl halides is 6. The lowest BCUT2D eigenvalue weighted by Crippen LogP contribution is -2.13. The van der Waals surface area contributed by atoms with Gasteiger partial charge in [0.2, 0.25) is 17.8 Å². The van der Waals surface area contributed by atoms with E-state index in [1.54, 1.807) is 87.3 Å². The van der Waals surface area contributed by atoms with Gasteiger partial charge in [-0.1, -0.05) is 17.7 Å². The molecule has 316 valence electrons. The van der Waals surface area contributed by atoms with E-state index >= 15 is 0 Å². The summed E-state index contributed by atoms with van der Waals surface area (Å²) in [5.41, 5.74) is 1.21. The largest absolute Gasteiger partial charge is 0.437 e. The van der Waals surface area contributed by atoms with Crippen LogP contribution in [0.15, 0.2) is 97.3 Å². The van der Waals surface area contributed by atoms with E-state index < -0.39 is 49.5 Å². The molecule has 4 aromatic carbocycles. The minimum Gasteiger partial charge on any atom is -0.437 e.